The molecule has 6 nitrogen and oxygen atoms in total. The van der Waals surface area contributed by atoms with E-state index in [0.717, 1.165) is 0 Å². The van der Waals surface area contributed by atoms with Crippen LogP contribution in [0.25, 0.3) is 0 Å². The van der Waals surface area contributed by atoms with Crippen LogP contribution in [0, 0.1) is 10.1 Å². The van der Waals surface area contributed by atoms with Gasteiger partial charge in [0.05, 0.1) is 16.5 Å². The van der Waals surface area contributed by atoms with Crippen LogP contribution in [-0.2, 0) is 0 Å². The number of nitrogens with one attached hydrogen (secondary N) is 1. The van der Waals surface area contributed by atoms with E-state index in [4.69, 9.17) is 0 Å². The molecule has 0 spiro atoms. The number of hydrogen-bond donors (Lipinski definition) is 1. The van der Waals surface area contributed by atoms with Crippen LogP contribution in [0.2, 0.25) is 0 Å². The molecule has 2 rings (SSSR count). The molecule has 7 heteroatoms. The van der Waals surface area contributed by atoms with Gasteiger partial charge in [-0.15, -0.1) is 10.2 Å². The molecule has 1 aromatic heterocycles. The molecule has 0 amide bonds. The number of anilines is 1. The number of rotatable bonds is 4. The second-order valence-electron chi connectivity index (χ2n) is 3.43. The van der Waals surface area contributed by atoms with Gasteiger partial charge in [-0.25, -0.2) is 0 Å². The maximum atomic E-state index is 10.9. The van der Waals surface area contributed by atoms with Crippen LogP contribution < -0.4 is 5.32 Å². The fraction of sp³-hybridized carbons (Fsp3) is 0.200. The second kappa shape index (κ2) is 4.88. The highest BCUT2D eigenvalue weighted by Crippen LogP contribution is 2.27. The van der Waals surface area contributed by atoms with Crippen LogP contribution in [0.5, 0.6) is 0 Å². The Bertz CT molecular complexity index is 515. The van der Waals surface area contributed by atoms with Gasteiger partial charge in [-0.3, -0.25) is 10.1 Å². The maximum absolute atomic E-state index is 10.9. The Morgan fingerprint density at radius 1 is 1.47 bits per heavy atom. The first-order valence-electron chi connectivity index (χ1n) is 4.94. The summed E-state index contributed by atoms with van der Waals surface area (Å²) in [4.78, 5) is 10.5. The molecule has 0 aliphatic rings. The molecule has 0 saturated heterocycles. The van der Waals surface area contributed by atoms with Gasteiger partial charge in [0.15, 0.2) is 0 Å². The third-order valence-electron chi connectivity index (χ3n) is 2.30. The van der Waals surface area contributed by atoms with E-state index >= 15 is 0 Å². The maximum Gasteiger partial charge on any atom is 0.274 e. The van der Waals surface area contributed by atoms with E-state index in [1.165, 1.54) is 17.4 Å². The standard InChI is InChI=1S/C10H10N4O2S/c1-7(12-10-13-11-6-17-10)8-4-2-3-5-9(8)14(15)16/h2-7H,1H3,(H,12,13). The van der Waals surface area contributed by atoms with Crippen LogP contribution in [0.3, 0.4) is 0 Å². The fourth-order valence-electron chi connectivity index (χ4n) is 1.52. The Balaban J connectivity index is 2.24. The normalized spacial score (nSPS) is 12.1. The molecule has 1 atom stereocenters. The van der Waals surface area contributed by atoms with E-state index in [1.54, 1.807) is 23.7 Å². The summed E-state index contributed by atoms with van der Waals surface area (Å²) >= 11 is 1.36. The smallest absolute Gasteiger partial charge is 0.274 e. The van der Waals surface area contributed by atoms with Crippen molar-refractivity contribution in [2.75, 3.05) is 5.32 Å². The first kappa shape index (κ1) is 11.5. The van der Waals surface area contributed by atoms with E-state index in [1.807, 2.05) is 6.92 Å². The van der Waals surface area contributed by atoms with Gasteiger partial charge >= 0.3 is 0 Å². The molecule has 1 N–H and O–H groups in total. The molecule has 0 aliphatic carbocycles. The average Bonchev–Trinajstić information content (AvgIpc) is 2.81. The lowest BCUT2D eigenvalue weighted by molar-refractivity contribution is -0.385. The Hall–Kier alpha value is -2.02. The minimum atomic E-state index is -0.381. The van der Waals surface area contributed by atoms with Crippen LogP contribution in [0.1, 0.15) is 18.5 Å². The summed E-state index contributed by atoms with van der Waals surface area (Å²) < 4.78 is 0. The summed E-state index contributed by atoms with van der Waals surface area (Å²) in [6, 6.07) is 6.47. The molecule has 1 unspecified atom stereocenters. The molecule has 0 fully saturated rings. The molecule has 88 valence electrons. The Morgan fingerprint density at radius 3 is 2.88 bits per heavy atom. The topological polar surface area (TPSA) is 81.0 Å². The monoisotopic (exact) mass is 250 g/mol. The molecule has 17 heavy (non-hydrogen) atoms. The van der Waals surface area contributed by atoms with Gasteiger partial charge in [0.2, 0.25) is 5.13 Å². The van der Waals surface area contributed by atoms with Gasteiger partial charge < -0.3 is 5.32 Å². The predicted octanol–water partition coefficient (Wildman–Crippen LogP) is 2.62. The minimum absolute atomic E-state index is 0.108. The van der Waals surface area contributed by atoms with Gasteiger partial charge in [0.1, 0.15) is 5.51 Å². The van der Waals surface area contributed by atoms with Crippen LogP contribution in [0.4, 0.5) is 10.8 Å². The summed E-state index contributed by atoms with van der Waals surface area (Å²) in [7, 11) is 0. The highest BCUT2D eigenvalue weighted by Gasteiger charge is 2.18. The van der Waals surface area contributed by atoms with Gasteiger partial charge in [0.25, 0.3) is 5.69 Å². The van der Waals surface area contributed by atoms with E-state index in [2.05, 4.69) is 15.5 Å². The number of benzene rings is 1. The van der Waals surface area contributed by atoms with Crippen LogP contribution >= 0.6 is 11.3 Å². The first-order valence-corrected chi connectivity index (χ1v) is 5.82. The molecule has 1 heterocycles. The quantitative estimate of drug-likeness (QED) is 0.666. The summed E-state index contributed by atoms with van der Waals surface area (Å²) in [5.41, 5.74) is 2.35. The van der Waals surface area contributed by atoms with Crippen LogP contribution in [0.15, 0.2) is 29.8 Å². The van der Waals surface area contributed by atoms with Crippen molar-refractivity contribution in [3.05, 3.63) is 45.5 Å². The highest BCUT2D eigenvalue weighted by molar-refractivity contribution is 7.13. The Morgan fingerprint density at radius 2 is 2.24 bits per heavy atom. The molecule has 0 aliphatic heterocycles. The third-order valence-corrected chi connectivity index (χ3v) is 2.92. The lowest BCUT2D eigenvalue weighted by Gasteiger charge is -2.12. The fourth-order valence-corrected chi connectivity index (χ4v) is 2.05. The summed E-state index contributed by atoms with van der Waals surface area (Å²) in [6.07, 6.45) is 0. The van der Waals surface area contributed by atoms with Crippen molar-refractivity contribution in [3.63, 3.8) is 0 Å². The summed E-state index contributed by atoms with van der Waals surface area (Å²) in [6.45, 7) is 1.85. The van der Waals surface area contributed by atoms with Gasteiger partial charge in [0, 0.05) is 6.07 Å². The largest absolute Gasteiger partial charge is 0.353 e. The van der Waals surface area contributed by atoms with Gasteiger partial charge in [-0.2, -0.15) is 0 Å². The van der Waals surface area contributed by atoms with E-state index < -0.39 is 0 Å². The van der Waals surface area contributed by atoms with Crippen molar-refractivity contribution in [1.82, 2.24) is 10.2 Å². The number of para-hydroxylation sites is 1. The number of nitrogens with zero attached hydrogens (tertiary/aromatic N) is 3. The number of aromatic nitrogens is 2. The van der Waals surface area contributed by atoms with Crippen molar-refractivity contribution < 1.29 is 4.92 Å². The SMILES string of the molecule is CC(Nc1nncs1)c1ccccc1[N+](=O)[O-]. The van der Waals surface area contributed by atoms with Crippen LogP contribution in [-0.4, -0.2) is 15.1 Å². The molecule has 2 aromatic rings. The minimum Gasteiger partial charge on any atom is -0.353 e. The third kappa shape index (κ3) is 2.56. The zero-order valence-electron chi connectivity index (χ0n) is 9.03. The molecule has 0 radical (unpaired) electrons. The van der Waals surface area contributed by atoms with Crippen molar-refractivity contribution in [3.8, 4) is 0 Å². The number of nitro groups is 1. The molecule has 0 saturated carbocycles. The van der Waals surface area contributed by atoms with E-state index in [-0.39, 0.29) is 16.7 Å². The zero-order valence-corrected chi connectivity index (χ0v) is 9.85. The van der Waals surface area contributed by atoms with E-state index in [0.29, 0.717) is 10.7 Å². The number of nitro benzene ring substituents is 1. The molecule has 1 aromatic carbocycles. The first-order chi connectivity index (χ1) is 8.18. The zero-order chi connectivity index (χ0) is 12.3. The Kier molecular flexibility index (Phi) is 3.29. The molecular formula is C10H10N4O2S. The highest BCUT2D eigenvalue weighted by atomic mass is 32.1. The molecular weight excluding hydrogens is 240 g/mol. The van der Waals surface area contributed by atoms with Crippen molar-refractivity contribution in [2.45, 2.75) is 13.0 Å². The number of hydrogen-bond acceptors (Lipinski definition) is 6. The van der Waals surface area contributed by atoms with Crippen molar-refractivity contribution >= 4 is 22.2 Å². The average molecular weight is 250 g/mol. The van der Waals surface area contributed by atoms with Crippen molar-refractivity contribution in [2.24, 2.45) is 0 Å². The Labute approximate surface area is 101 Å². The summed E-state index contributed by atoms with van der Waals surface area (Å²) in [5, 5.41) is 22.1. The second-order valence-corrected chi connectivity index (χ2v) is 4.26. The van der Waals surface area contributed by atoms with Gasteiger partial charge in [-0.05, 0) is 6.92 Å². The lowest BCUT2D eigenvalue weighted by Crippen LogP contribution is -2.08. The van der Waals surface area contributed by atoms with Gasteiger partial charge in [-0.1, -0.05) is 29.5 Å². The molecule has 0 bridgehead atoms. The van der Waals surface area contributed by atoms with Crippen molar-refractivity contribution in [1.29, 1.82) is 0 Å². The lowest BCUT2D eigenvalue weighted by atomic mass is 10.1. The summed E-state index contributed by atoms with van der Waals surface area (Å²) in [5.74, 6) is 0. The van der Waals surface area contributed by atoms with E-state index in [9.17, 15) is 10.1 Å². The predicted molar refractivity (Wildman–Crippen MR) is 65.0 cm³/mol.